The molecule has 0 unspecified atom stereocenters. The summed E-state index contributed by atoms with van der Waals surface area (Å²) in [5.74, 6) is 1.64. The molecule has 0 aliphatic rings. The van der Waals surface area contributed by atoms with Crippen molar-refractivity contribution in [3.63, 3.8) is 0 Å². The third-order valence-electron chi connectivity index (χ3n) is 3.60. The number of H-pyrrole nitrogens is 1. The molecule has 0 atom stereocenters. The van der Waals surface area contributed by atoms with Gasteiger partial charge in [-0.15, -0.1) is 0 Å². The van der Waals surface area contributed by atoms with E-state index in [9.17, 15) is 4.79 Å². The van der Waals surface area contributed by atoms with E-state index in [1.54, 1.807) is 32.4 Å². The highest BCUT2D eigenvalue weighted by atomic mass is 16.5. The Kier molecular flexibility index (Phi) is 4.94. The topological polar surface area (TPSA) is 88.6 Å². The van der Waals surface area contributed by atoms with Crippen LogP contribution in [0.3, 0.4) is 0 Å². The van der Waals surface area contributed by atoms with Crippen LogP contribution in [0.5, 0.6) is 11.5 Å². The number of carbonyl (C=O) groups is 1. The van der Waals surface area contributed by atoms with Crippen LogP contribution < -0.4 is 14.9 Å². The third kappa shape index (κ3) is 3.95. The van der Waals surface area contributed by atoms with E-state index >= 15 is 0 Å². The number of ether oxygens (including phenoxy) is 2. The Morgan fingerprint density at radius 3 is 2.84 bits per heavy atom. The minimum Gasteiger partial charge on any atom is -0.497 e. The van der Waals surface area contributed by atoms with E-state index in [-0.39, 0.29) is 12.3 Å². The Morgan fingerprint density at radius 1 is 1.24 bits per heavy atom. The molecule has 128 valence electrons. The first-order valence-electron chi connectivity index (χ1n) is 7.67. The first-order valence-corrected chi connectivity index (χ1v) is 7.67. The van der Waals surface area contributed by atoms with Gasteiger partial charge in [-0.2, -0.15) is 5.10 Å². The van der Waals surface area contributed by atoms with Crippen LogP contribution in [-0.2, 0) is 11.2 Å². The maximum absolute atomic E-state index is 12.0. The molecule has 0 aliphatic heterocycles. The van der Waals surface area contributed by atoms with Crippen LogP contribution in [0.25, 0.3) is 11.0 Å². The number of amides is 1. The zero-order valence-corrected chi connectivity index (χ0v) is 13.9. The van der Waals surface area contributed by atoms with Gasteiger partial charge in [-0.3, -0.25) is 4.79 Å². The number of imidazole rings is 1. The lowest BCUT2D eigenvalue weighted by Gasteiger charge is -2.06. The monoisotopic (exact) mass is 338 g/mol. The lowest BCUT2D eigenvalue weighted by atomic mass is 10.2. The highest BCUT2D eigenvalue weighted by Crippen LogP contribution is 2.22. The van der Waals surface area contributed by atoms with Crippen LogP contribution in [0.15, 0.2) is 47.6 Å². The molecule has 1 heterocycles. The number of fused-ring (bicyclic) bond motifs is 1. The maximum Gasteiger partial charge on any atom is 0.247 e. The van der Waals surface area contributed by atoms with Crippen LogP contribution in [0.2, 0.25) is 0 Å². The van der Waals surface area contributed by atoms with Crippen molar-refractivity contribution in [3.8, 4) is 11.5 Å². The Balaban J connectivity index is 1.64. The van der Waals surface area contributed by atoms with Crippen molar-refractivity contribution in [2.24, 2.45) is 5.10 Å². The second kappa shape index (κ2) is 7.48. The van der Waals surface area contributed by atoms with Crippen LogP contribution in [0.4, 0.5) is 0 Å². The molecule has 0 bridgehead atoms. The van der Waals surface area contributed by atoms with Gasteiger partial charge in [-0.05, 0) is 30.3 Å². The average Bonchev–Trinajstić information content (AvgIpc) is 3.03. The number of hydrazone groups is 1. The van der Waals surface area contributed by atoms with Crippen LogP contribution in [0, 0.1) is 0 Å². The molecule has 2 N–H and O–H groups in total. The minimum absolute atomic E-state index is 0.112. The van der Waals surface area contributed by atoms with Gasteiger partial charge in [0.25, 0.3) is 0 Å². The fourth-order valence-corrected chi connectivity index (χ4v) is 2.40. The van der Waals surface area contributed by atoms with E-state index in [4.69, 9.17) is 9.47 Å². The molecule has 7 heteroatoms. The first-order chi connectivity index (χ1) is 12.2. The normalized spacial score (nSPS) is 11.0. The number of nitrogens with one attached hydrogen (secondary N) is 2. The van der Waals surface area contributed by atoms with Crippen molar-refractivity contribution in [3.05, 3.63) is 53.9 Å². The molecule has 3 rings (SSSR count). The second-order valence-electron chi connectivity index (χ2n) is 5.28. The number of para-hydroxylation sites is 2. The highest BCUT2D eigenvalue weighted by molar-refractivity contribution is 5.86. The standard InChI is InChI=1S/C18H18N4O3/c1-24-13-7-8-16(25-2)12(9-13)11-19-22-18(23)10-17-20-14-5-3-4-6-15(14)21-17/h3-9,11H,10H2,1-2H3,(H,20,21)(H,22,23)/b19-11+. The zero-order valence-electron chi connectivity index (χ0n) is 13.9. The van der Waals surface area contributed by atoms with E-state index in [0.717, 1.165) is 11.0 Å². The van der Waals surface area contributed by atoms with Gasteiger partial charge in [0.2, 0.25) is 5.91 Å². The molecule has 0 aliphatic carbocycles. The number of methoxy groups -OCH3 is 2. The summed E-state index contributed by atoms with van der Waals surface area (Å²) in [5.41, 5.74) is 4.91. The van der Waals surface area contributed by atoms with Gasteiger partial charge >= 0.3 is 0 Å². The summed E-state index contributed by atoms with van der Waals surface area (Å²) in [6.45, 7) is 0. The molecule has 25 heavy (non-hydrogen) atoms. The van der Waals surface area contributed by atoms with Crippen molar-refractivity contribution in [1.29, 1.82) is 0 Å². The van der Waals surface area contributed by atoms with Crippen LogP contribution in [-0.4, -0.2) is 36.3 Å². The molecule has 1 amide bonds. The molecular weight excluding hydrogens is 320 g/mol. The molecule has 0 fully saturated rings. The fraction of sp³-hybridized carbons (Fsp3) is 0.167. The van der Waals surface area contributed by atoms with Gasteiger partial charge in [0, 0.05) is 5.56 Å². The lowest BCUT2D eigenvalue weighted by Crippen LogP contribution is -2.20. The van der Waals surface area contributed by atoms with E-state index in [2.05, 4.69) is 20.5 Å². The fourth-order valence-electron chi connectivity index (χ4n) is 2.40. The summed E-state index contributed by atoms with van der Waals surface area (Å²) >= 11 is 0. The van der Waals surface area contributed by atoms with Gasteiger partial charge in [-0.1, -0.05) is 12.1 Å². The molecule has 1 aromatic heterocycles. The number of rotatable bonds is 6. The number of aromatic nitrogens is 2. The van der Waals surface area contributed by atoms with Gasteiger partial charge in [0.05, 0.1) is 37.9 Å². The zero-order chi connectivity index (χ0) is 17.6. The Hall–Kier alpha value is -3.35. The van der Waals surface area contributed by atoms with E-state index in [0.29, 0.717) is 22.9 Å². The predicted octanol–water partition coefficient (Wildman–Crippen LogP) is 2.27. The van der Waals surface area contributed by atoms with E-state index in [1.165, 1.54) is 6.21 Å². The first kappa shape index (κ1) is 16.5. The summed E-state index contributed by atoms with van der Waals surface area (Å²) in [4.78, 5) is 19.5. The van der Waals surface area contributed by atoms with E-state index in [1.807, 2.05) is 24.3 Å². The summed E-state index contributed by atoms with van der Waals surface area (Å²) in [7, 11) is 3.15. The molecule has 2 aromatic carbocycles. The molecule has 0 radical (unpaired) electrons. The van der Waals surface area contributed by atoms with Gasteiger partial charge in [-0.25, -0.2) is 10.4 Å². The average molecular weight is 338 g/mol. The smallest absolute Gasteiger partial charge is 0.247 e. The van der Waals surface area contributed by atoms with Gasteiger partial charge in [0.15, 0.2) is 0 Å². The van der Waals surface area contributed by atoms with Crippen molar-refractivity contribution in [2.45, 2.75) is 6.42 Å². The summed E-state index contributed by atoms with van der Waals surface area (Å²) in [5, 5.41) is 3.97. The Morgan fingerprint density at radius 2 is 2.08 bits per heavy atom. The number of aromatic amines is 1. The number of benzene rings is 2. The molecular formula is C18H18N4O3. The molecule has 0 saturated carbocycles. The SMILES string of the molecule is COc1ccc(OC)c(/C=N/NC(=O)Cc2nc3ccccc3[nH]2)c1. The van der Waals surface area contributed by atoms with Crippen LogP contribution >= 0.6 is 0 Å². The maximum atomic E-state index is 12.0. The Bertz CT molecular complexity index is 885. The molecule has 0 saturated heterocycles. The predicted molar refractivity (Wildman–Crippen MR) is 95.1 cm³/mol. The summed E-state index contributed by atoms with van der Waals surface area (Å²) < 4.78 is 10.4. The number of hydrogen-bond donors (Lipinski definition) is 2. The minimum atomic E-state index is -0.267. The number of carbonyl (C=O) groups excluding carboxylic acids is 1. The van der Waals surface area contributed by atoms with E-state index < -0.39 is 0 Å². The lowest BCUT2D eigenvalue weighted by molar-refractivity contribution is -0.120. The summed E-state index contributed by atoms with van der Waals surface area (Å²) in [6.07, 6.45) is 1.62. The quantitative estimate of drug-likeness (QED) is 0.533. The van der Waals surface area contributed by atoms with Gasteiger partial charge in [0.1, 0.15) is 17.3 Å². The number of hydrogen-bond acceptors (Lipinski definition) is 5. The highest BCUT2D eigenvalue weighted by Gasteiger charge is 2.07. The second-order valence-corrected chi connectivity index (χ2v) is 5.28. The molecule has 3 aromatic rings. The van der Waals surface area contributed by atoms with Crippen molar-refractivity contribution in [1.82, 2.24) is 15.4 Å². The van der Waals surface area contributed by atoms with Crippen molar-refractivity contribution < 1.29 is 14.3 Å². The van der Waals surface area contributed by atoms with Crippen molar-refractivity contribution in [2.75, 3.05) is 14.2 Å². The molecule has 7 nitrogen and oxygen atoms in total. The van der Waals surface area contributed by atoms with Crippen molar-refractivity contribution >= 4 is 23.2 Å². The summed E-state index contributed by atoms with van der Waals surface area (Å²) in [6, 6.07) is 13.0. The molecule has 0 spiro atoms. The largest absolute Gasteiger partial charge is 0.497 e. The third-order valence-corrected chi connectivity index (χ3v) is 3.60. The van der Waals surface area contributed by atoms with Gasteiger partial charge < -0.3 is 14.5 Å². The number of nitrogens with zero attached hydrogens (tertiary/aromatic N) is 2. The Labute approximate surface area is 144 Å². The van der Waals surface area contributed by atoms with Crippen LogP contribution in [0.1, 0.15) is 11.4 Å².